The molecule has 0 aromatic heterocycles. The minimum absolute atomic E-state index is 0.675. The lowest BCUT2D eigenvalue weighted by Gasteiger charge is -2.49. The zero-order valence-corrected chi connectivity index (χ0v) is 12.9. The van der Waals surface area contributed by atoms with Crippen LogP contribution in [0.4, 0.5) is 0 Å². The summed E-state index contributed by atoms with van der Waals surface area (Å²) in [5, 5.41) is 77.4. The Kier molecular flexibility index (Phi) is 6.16. The molecular formula is C13H24O11. The van der Waals surface area contributed by atoms with E-state index < -0.39 is 74.1 Å². The average molecular weight is 356 g/mol. The monoisotopic (exact) mass is 356 g/mol. The molecule has 11 heteroatoms. The van der Waals surface area contributed by atoms with Crippen LogP contribution in [0, 0.1) is 0 Å². The van der Waals surface area contributed by atoms with Crippen molar-refractivity contribution in [2.24, 2.45) is 0 Å². The van der Waals surface area contributed by atoms with E-state index in [0.717, 1.165) is 0 Å². The first kappa shape index (κ1) is 19.9. The molecule has 11 nitrogen and oxygen atoms in total. The van der Waals surface area contributed by atoms with Crippen molar-refractivity contribution in [2.75, 3.05) is 13.2 Å². The standard InChI is InChI=1S/C13H24O11/c1-13(11(21)9(19)7(17)5(3-15)23-13)24-12-10(20)8(18)6(16)4(2-14)22-12/h4-12,14-21H,2-3H2,1H3/t4?,5?,6-,7-,8?,9?,10?,11?,12-,13-/m1/s1. The summed E-state index contributed by atoms with van der Waals surface area (Å²) in [6.07, 6.45) is -14.2. The van der Waals surface area contributed by atoms with E-state index in [1.54, 1.807) is 0 Å². The molecule has 0 aromatic carbocycles. The maximum atomic E-state index is 10.1. The Hall–Kier alpha value is -0.440. The lowest BCUT2D eigenvalue weighted by molar-refractivity contribution is -0.416. The smallest absolute Gasteiger partial charge is 0.197 e. The van der Waals surface area contributed by atoms with Gasteiger partial charge in [-0.15, -0.1) is 0 Å². The van der Waals surface area contributed by atoms with Gasteiger partial charge in [0.2, 0.25) is 0 Å². The van der Waals surface area contributed by atoms with Crippen molar-refractivity contribution in [3.05, 3.63) is 0 Å². The summed E-state index contributed by atoms with van der Waals surface area (Å²) in [6, 6.07) is 0. The predicted molar refractivity (Wildman–Crippen MR) is 73.2 cm³/mol. The van der Waals surface area contributed by atoms with Crippen LogP contribution in [-0.4, -0.2) is 115 Å². The largest absolute Gasteiger partial charge is 0.394 e. The number of ether oxygens (including phenoxy) is 3. The van der Waals surface area contributed by atoms with Crippen molar-refractivity contribution in [2.45, 2.75) is 67.8 Å². The highest BCUT2D eigenvalue weighted by Gasteiger charge is 2.55. The molecule has 8 N–H and O–H groups in total. The minimum Gasteiger partial charge on any atom is -0.394 e. The van der Waals surface area contributed by atoms with E-state index in [9.17, 15) is 35.7 Å². The van der Waals surface area contributed by atoms with E-state index in [4.69, 9.17) is 19.3 Å². The summed E-state index contributed by atoms with van der Waals surface area (Å²) in [7, 11) is 0. The Labute approximate surface area is 137 Å². The molecule has 0 aliphatic carbocycles. The van der Waals surface area contributed by atoms with Gasteiger partial charge >= 0.3 is 0 Å². The molecule has 142 valence electrons. The van der Waals surface area contributed by atoms with E-state index in [1.807, 2.05) is 0 Å². The van der Waals surface area contributed by atoms with Crippen LogP contribution in [0.15, 0.2) is 0 Å². The molecule has 0 aromatic rings. The zero-order chi connectivity index (χ0) is 18.2. The molecule has 6 unspecified atom stereocenters. The number of hydrogen-bond acceptors (Lipinski definition) is 11. The lowest BCUT2D eigenvalue weighted by Crippen LogP contribution is -2.68. The third-order valence-electron chi connectivity index (χ3n) is 4.36. The van der Waals surface area contributed by atoms with Gasteiger partial charge in [0, 0.05) is 0 Å². The van der Waals surface area contributed by atoms with Gasteiger partial charge in [0.05, 0.1) is 13.2 Å². The van der Waals surface area contributed by atoms with Gasteiger partial charge in [0.15, 0.2) is 12.1 Å². The van der Waals surface area contributed by atoms with Crippen molar-refractivity contribution in [3.63, 3.8) is 0 Å². The van der Waals surface area contributed by atoms with Gasteiger partial charge in [0.1, 0.15) is 48.8 Å². The SMILES string of the molecule is C[C@]1(O[C@H]2OC(CO)[C@@H](O)C(O)C2O)OC(CO)[C@@H](O)C(O)C1O. The Balaban J connectivity index is 2.18. The van der Waals surface area contributed by atoms with Crippen molar-refractivity contribution >= 4 is 0 Å². The average Bonchev–Trinajstić information content (AvgIpc) is 2.57. The van der Waals surface area contributed by atoms with Crippen LogP contribution in [0.3, 0.4) is 0 Å². The molecule has 2 fully saturated rings. The first-order valence-electron chi connectivity index (χ1n) is 7.47. The molecule has 0 saturated carbocycles. The highest BCUT2D eigenvalue weighted by molar-refractivity contribution is 4.96. The predicted octanol–water partition coefficient (Wildman–Crippen LogP) is -5.01. The van der Waals surface area contributed by atoms with Crippen LogP contribution in [-0.2, 0) is 14.2 Å². The van der Waals surface area contributed by atoms with Gasteiger partial charge in [-0.25, -0.2) is 0 Å². The molecule has 24 heavy (non-hydrogen) atoms. The normalized spacial score (nSPS) is 53.1. The topological polar surface area (TPSA) is 190 Å². The summed E-state index contributed by atoms with van der Waals surface area (Å²) in [6.45, 7) is -0.180. The van der Waals surface area contributed by atoms with Gasteiger partial charge in [-0.1, -0.05) is 0 Å². The third kappa shape index (κ3) is 3.43. The maximum Gasteiger partial charge on any atom is 0.197 e. The highest BCUT2D eigenvalue weighted by Crippen LogP contribution is 2.34. The third-order valence-corrected chi connectivity index (χ3v) is 4.36. The lowest BCUT2D eigenvalue weighted by atomic mass is 9.93. The summed E-state index contributed by atoms with van der Waals surface area (Å²) in [5.74, 6) is -2.01. The molecule has 10 atom stereocenters. The van der Waals surface area contributed by atoms with Crippen molar-refractivity contribution in [1.29, 1.82) is 0 Å². The maximum absolute atomic E-state index is 10.1. The Morgan fingerprint density at radius 1 is 0.792 bits per heavy atom. The number of aliphatic hydroxyl groups is 8. The van der Waals surface area contributed by atoms with E-state index >= 15 is 0 Å². The molecule has 0 amide bonds. The molecule has 2 aliphatic heterocycles. The molecule has 2 saturated heterocycles. The van der Waals surface area contributed by atoms with Gasteiger partial charge in [0.25, 0.3) is 0 Å². The molecule has 2 heterocycles. The number of hydrogen-bond donors (Lipinski definition) is 8. The van der Waals surface area contributed by atoms with E-state index in [-0.39, 0.29) is 0 Å². The zero-order valence-electron chi connectivity index (χ0n) is 12.9. The van der Waals surface area contributed by atoms with Crippen LogP contribution in [0.25, 0.3) is 0 Å². The fourth-order valence-electron chi connectivity index (χ4n) is 2.79. The Morgan fingerprint density at radius 3 is 1.88 bits per heavy atom. The van der Waals surface area contributed by atoms with Crippen molar-refractivity contribution < 1.29 is 55.1 Å². The highest BCUT2D eigenvalue weighted by atomic mass is 16.8. The summed E-state index contributed by atoms with van der Waals surface area (Å²) in [4.78, 5) is 0. The first-order valence-corrected chi connectivity index (χ1v) is 7.47. The van der Waals surface area contributed by atoms with Crippen LogP contribution in [0.5, 0.6) is 0 Å². The van der Waals surface area contributed by atoms with Gasteiger partial charge in [-0.05, 0) is 6.92 Å². The van der Waals surface area contributed by atoms with Gasteiger partial charge < -0.3 is 55.1 Å². The van der Waals surface area contributed by atoms with Crippen molar-refractivity contribution in [1.82, 2.24) is 0 Å². The van der Waals surface area contributed by atoms with E-state index in [1.165, 1.54) is 6.92 Å². The molecule has 2 rings (SSSR count). The summed E-state index contributed by atoms with van der Waals surface area (Å²) >= 11 is 0. The molecular weight excluding hydrogens is 332 g/mol. The van der Waals surface area contributed by atoms with Crippen LogP contribution >= 0.6 is 0 Å². The first-order chi connectivity index (χ1) is 11.2. The van der Waals surface area contributed by atoms with Gasteiger partial charge in [-0.3, -0.25) is 0 Å². The fourth-order valence-corrected chi connectivity index (χ4v) is 2.79. The second-order valence-corrected chi connectivity index (χ2v) is 6.10. The summed E-state index contributed by atoms with van der Waals surface area (Å²) in [5.41, 5.74) is 0. The van der Waals surface area contributed by atoms with Crippen molar-refractivity contribution in [3.8, 4) is 0 Å². The van der Waals surface area contributed by atoms with E-state index in [0.29, 0.717) is 0 Å². The molecule has 0 radical (unpaired) electrons. The quantitative estimate of drug-likeness (QED) is 0.241. The van der Waals surface area contributed by atoms with Crippen LogP contribution < -0.4 is 0 Å². The fraction of sp³-hybridized carbons (Fsp3) is 1.00. The Morgan fingerprint density at radius 2 is 1.33 bits per heavy atom. The second-order valence-electron chi connectivity index (χ2n) is 6.10. The number of rotatable bonds is 4. The second kappa shape index (κ2) is 7.43. The van der Waals surface area contributed by atoms with Crippen LogP contribution in [0.2, 0.25) is 0 Å². The molecule has 0 bridgehead atoms. The molecule has 2 aliphatic rings. The molecule has 0 spiro atoms. The van der Waals surface area contributed by atoms with E-state index in [2.05, 4.69) is 0 Å². The number of aliphatic hydroxyl groups excluding tert-OH is 8. The summed E-state index contributed by atoms with van der Waals surface area (Å²) < 4.78 is 15.8. The van der Waals surface area contributed by atoms with Gasteiger partial charge in [-0.2, -0.15) is 0 Å². The Bertz CT molecular complexity index is 419. The van der Waals surface area contributed by atoms with Crippen LogP contribution in [0.1, 0.15) is 6.92 Å². The minimum atomic E-state index is -2.01.